The highest BCUT2D eigenvalue weighted by atomic mass is 16.5. The largest absolute Gasteiger partial charge is 0.383 e. The molecule has 2 aromatic rings. The maximum Gasteiger partial charge on any atom is 0.242 e. The standard InChI is InChI=1S/C19H22N2O2/c1-23-13-17(20)19(22)21-12-16-10-6-5-9-15(16)11-18(21)14-7-3-2-4-8-14/h2-10,17-18H,11-13,20H2,1H3. The molecule has 0 spiro atoms. The van der Waals surface area contributed by atoms with Crippen molar-refractivity contribution in [3.05, 3.63) is 71.3 Å². The second-order valence-corrected chi connectivity index (χ2v) is 5.93. The first-order valence-corrected chi connectivity index (χ1v) is 7.87. The zero-order chi connectivity index (χ0) is 16.2. The number of rotatable bonds is 4. The molecule has 3 rings (SSSR count). The lowest BCUT2D eigenvalue weighted by Gasteiger charge is -2.38. The lowest BCUT2D eigenvalue weighted by Crippen LogP contribution is -2.49. The van der Waals surface area contributed by atoms with E-state index in [4.69, 9.17) is 10.5 Å². The average molecular weight is 310 g/mol. The molecule has 0 radical (unpaired) electrons. The molecule has 2 atom stereocenters. The molecule has 0 saturated carbocycles. The Bertz CT molecular complexity index is 672. The number of carbonyl (C=O) groups excluding carboxylic acids is 1. The third-order valence-corrected chi connectivity index (χ3v) is 4.38. The Morgan fingerprint density at radius 3 is 2.52 bits per heavy atom. The second-order valence-electron chi connectivity index (χ2n) is 5.93. The van der Waals surface area contributed by atoms with Crippen LogP contribution < -0.4 is 5.73 Å². The van der Waals surface area contributed by atoms with Crippen molar-refractivity contribution in [1.82, 2.24) is 4.90 Å². The first kappa shape index (κ1) is 15.7. The van der Waals surface area contributed by atoms with Gasteiger partial charge in [-0.15, -0.1) is 0 Å². The van der Waals surface area contributed by atoms with Gasteiger partial charge in [0.2, 0.25) is 5.91 Å². The highest BCUT2D eigenvalue weighted by molar-refractivity contribution is 5.82. The molecule has 1 heterocycles. The van der Waals surface area contributed by atoms with E-state index in [1.165, 1.54) is 11.1 Å². The lowest BCUT2D eigenvalue weighted by atomic mass is 9.89. The van der Waals surface area contributed by atoms with E-state index in [-0.39, 0.29) is 18.6 Å². The van der Waals surface area contributed by atoms with Gasteiger partial charge in [0, 0.05) is 13.7 Å². The molecule has 23 heavy (non-hydrogen) atoms. The molecule has 4 nitrogen and oxygen atoms in total. The smallest absolute Gasteiger partial charge is 0.242 e. The summed E-state index contributed by atoms with van der Waals surface area (Å²) in [6.45, 7) is 0.824. The van der Waals surface area contributed by atoms with E-state index >= 15 is 0 Å². The van der Waals surface area contributed by atoms with Gasteiger partial charge in [0.1, 0.15) is 6.04 Å². The molecule has 2 N–H and O–H groups in total. The summed E-state index contributed by atoms with van der Waals surface area (Å²) in [4.78, 5) is 14.7. The van der Waals surface area contributed by atoms with Gasteiger partial charge in [-0.05, 0) is 23.1 Å². The van der Waals surface area contributed by atoms with Gasteiger partial charge in [-0.2, -0.15) is 0 Å². The van der Waals surface area contributed by atoms with Crippen molar-refractivity contribution >= 4 is 5.91 Å². The van der Waals surface area contributed by atoms with Gasteiger partial charge in [-0.25, -0.2) is 0 Å². The second kappa shape index (κ2) is 6.94. The van der Waals surface area contributed by atoms with Gasteiger partial charge in [-0.1, -0.05) is 54.6 Å². The predicted molar refractivity (Wildman–Crippen MR) is 89.7 cm³/mol. The molecule has 0 fully saturated rings. The number of fused-ring (bicyclic) bond motifs is 1. The van der Waals surface area contributed by atoms with Crippen LogP contribution in [0.4, 0.5) is 0 Å². The molecule has 0 bridgehead atoms. The summed E-state index contributed by atoms with van der Waals surface area (Å²) in [7, 11) is 1.56. The molecule has 0 saturated heterocycles. The Morgan fingerprint density at radius 1 is 1.17 bits per heavy atom. The van der Waals surface area contributed by atoms with Gasteiger partial charge < -0.3 is 15.4 Å². The molecule has 0 aliphatic carbocycles. The van der Waals surface area contributed by atoms with Gasteiger partial charge in [0.05, 0.1) is 12.6 Å². The summed E-state index contributed by atoms with van der Waals surface area (Å²) >= 11 is 0. The van der Waals surface area contributed by atoms with Crippen LogP contribution in [0.3, 0.4) is 0 Å². The van der Waals surface area contributed by atoms with E-state index in [0.29, 0.717) is 6.54 Å². The minimum atomic E-state index is -0.628. The number of benzene rings is 2. The van der Waals surface area contributed by atoms with Crippen molar-refractivity contribution in [2.75, 3.05) is 13.7 Å². The molecule has 1 amide bonds. The minimum absolute atomic E-state index is 0.0153. The highest BCUT2D eigenvalue weighted by Crippen LogP contribution is 2.33. The van der Waals surface area contributed by atoms with E-state index in [0.717, 1.165) is 12.0 Å². The summed E-state index contributed by atoms with van der Waals surface area (Å²) in [5.41, 5.74) is 9.63. The molecule has 0 aromatic heterocycles. The minimum Gasteiger partial charge on any atom is -0.383 e. The maximum atomic E-state index is 12.8. The summed E-state index contributed by atoms with van der Waals surface area (Å²) < 4.78 is 5.05. The molecular formula is C19H22N2O2. The van der Waals surface area contributed by atoms with Crippen LogP contribution in [0.15, 0.2) is 54.6 Å². The van der Waals surface area contributed by atoms with Gasteiger partial charge in [-0.3, -0.25) is 4.79 Å². The Morgan fingerprint density at radius 2 is 1.83 bits per heavy atom. The Labute approximate surface area is 136 Å². The first-order valence-electron chi connectivity index (χ1n) is 7.87. The van der Waals surface area contributed by atoms with Gasteiger partial charge >= 0.3 is 0 Å². The quantitative estimate of drug-likeness (QED) is 0.942. The number of hydrogen-bond acceptors (Lipinski definition) is 3. The number of hydrogen-bond donors (Lipinski definition) is 1. The van der Waals surface area contributed by atoms with E-state index in [2.05, 4.69) is 30.3 Å². The van der Waals surface area contributed by atoms with Crippen molar-refractivity contribution in [2.45, 2.75) is 25.0 Å². The van der Waals surface area contributed by atoms with Crippen molar-refractivity contribution in [1.29, 1.82) is 0 Å². The summed E-state index contributed by atoms with van der Waals surface area (Å²) in [5, 5.41) is 0. The van der Waals surface area contributed by atoms with Gasteiger partial charge in [0.15, 0.2) is 0 Å². The molecule has 4 heteroatoms. The molecule has 120 valence electrons. The lowest BCUT2D eigenvalue weighted by molar-refractivity contribution is -0.137. The van der Waals surface area contributed by atoms with Crippen LogP contribution in [-0.2, 0) is 22.5 Å². The fraction of sp³-hybridized carbons (Fsp3) is 0.316. The summed E-state index contributed by atoms with van der Waals surface area (Å²) in [6, 6.07) is 17.8. The molecular weight excluding hydrogens is 288 g/mol. The third kappa shape index (κ3) is 3.28. The number of carbonyl (C=O) groups is 1. The van der Waals surface area contributed by atoms with Crippen LogP contribution in [0.2, 0.25) is 0 Å². The van der Waals surface area contributed by atoms with Crippen molar-refractivity contribution in [3.8, 4) is 0 Å². The van der Waals surface area contributed by atoms with E-state index in [1.807, 2.05) is 29.2 Å². The Hall–Kier alpha value is -2.17. The van der Waals surface area contributed by atoms with E-state index in [9.17, 15) is 4.79 Å². The molecule has 1 aliphatic rings. The SMILES string of the molecule is COCC(N)C(=O)N1Cc2ccccc2CC1c1ccccc1. The van der Waals surface area contributed by atoms with Crippen LogP contribution in [0.25, 0.3) is 0 Å². The highest BCUT2D eigenvalue weighted by Gasteiger charge is 2.33. The monoisotopic (exact) mass is 310 g/mol. The third-order valence-electron chi connectivity index (χ3n) is 4.38. The first-order chi connectivity index (χ1) is 11.2. The number of nitrogens with zero attached hydrogens (tertiary/aromatic N) is 1. The normalized spacial score (nSPS) is 18.3. The molecule has 1 aliphatic heterocycles. The van der Waals surface area contributed by atoms with Crippen LogP contribution in [0.1, 0.15) is 22.7 Å². The predicted octanol–water partition coefficient (Wildman–Crippen LogP) is 2.29. The Balaban J connectivity index is 1.95. The van der Waals surface area contributed by atoms with Crippen LogP contribution >= 0.6 is 0 Å². The van der Waals surface area contributed by atoms with Crippen LogP contribution in [0.5, 0.6) is 0 Å². The number of nitrogens with two attached hydrogens (primary N) is 1. The van der Waals surface area contributed by atoms with Crippen LogP contribution in [0, 0.1) is 0 Å². The van der Waals surface area contributed by atoms with Gasteiger partial charge in [0.25, 0.3) is 0 Å². The number of ether oxygens (including phenoxy) is 1. The zero-order valence-electron chi connectivity index (χ0n) is 13.3. The number of amides is 1. The van der Waals surface area contributed by atoms with Crippen molar-refractivity contribution in [2.24, 2.45) is 5.73 Å². The molecule has 2 aromatic carbocycles. The topological polar surface area (TPSA) is 55.6 Å². The van der Waals surface area contributed by atoms with Crippen molar-refractivity contribution < 1.29 is 9.53 Å². The van der Waals surface area contributed by atoms with E-state index in [1.54, 1.807) is 7.11 Å². The zero-order valence-corrected chi connectivity index (χ0v) is 13.3. The maximum absolute atomic E-state index is 12.8. The fourth-order valence-corrected chi connectivity index (χ4v) is 3.19. The average Bonchev–Trinajstić information content (AvgIpc) is 2.61. The summed E-state index contributed by atoms with van der Waals surface area (Å²) in [6.07, 6.45) is 0.811. The fourth-order valence-electron chi connectivity index (χ4n) is 3.19. The molecule has 2 unspecified atom stereocenters. The number of methoxy groups -OCH3 is 1. The van der Waals surface area contributed by atoms with E-state index < -0.39 is 6.04 Å². The summed E-state index contributed by atoms with van der Waals surface area (Å²) in [5.74, 6) is -0.0600. The van der Waals surface area contributed by atoms with Crippen molar-refractivity contribution in [3.63, 3.8) is 0 Å². The Kier molecular flexibility index (Phi) is 4.74. The van der Waals surface area contributed by atoms with Crippen LogP contribution in [-0.4, -0.2) is 30.6 Å².